The van der Waals surface area contributed by atoms with Crippen molar-refractivity contribution in [2.75, 3.05) is 0 Å². The molecule has 0 unspecified atom stereocenters. The van der Waals surface area contributed by atoms with Gasteiger partial charge in [0.25, 0.3) is 10.1 Å². The Morgan fingerprint density at radius 1 is 0.875 bits per heavy atom. The number of rotatable bonds is 2. The summed E-state index contributed by atoms with van der Waals surface area (Å²) in [5.74, 6) is 0. The van der Waals surface area contributed by atoms with Crippen molar-refractivity contribution >= 4 is 34.4 Å². The van der Waals surface area contributed by atoms with E-state index in [0.29, 0.717) is 20.1 Å². The van der Waals surface area contributed by atoms with Crippen LogP contribution in [0, 0.1) is 0 Å². The molecule has 3 nitrogen and oxygen atoms in total. The normalized spacial score (nSPS) is 10.8. The first-order valence-electron chi connectivity index (χ1n) is 4.32. The molecule has 2 aromatic rings. The molecule has 0 amide bonds. The van der Waals surface area contributed by atoms with Crippen molar-refractivity contribution in [3.05, 3.63) is 46.7 Å². The number of pyridine rings is 2. The summed E-state index contributed by atoms with van der Waals surface area (Å²) in [6.07, 6.45) is 2.90. The van der Waals surface area contributed by atoms with Gasteiger partial charge in [0.1, 0.15) is 0 Å². The molecule has 6 heteroatoms. The van der Waals surface area contributed by atoms with Crippen LogP contribution >= 0.6 is 23.2 Å². The van der Waals surface area contributed by atoms with Crippen molar-refractivity contribution in [3.63, 3.8) is 0 Å². The Bertz CT molecular complexity index is 430. The van der Waals surface area contributed by atoms with Crippen LogP contribution in [0.4, 0.5) is 0 Å². The topological polar surface area (TPSA) is 48.8 Å². The first kappa shape index (κ1) is 11.7. The molecule has 16 heavy (non-hydrogen) atoms. The lowest BCUT2D eigenvalue weighted by molar-refractivity contribution is 0.587. The molecule has 0 atom stereocenters. The van der Waals surface area contributed by atoms with Gasteiger partial charge in [0.15, 0.2) is 0 Å². The highest BCUT2D eigenvalue weighted by Crippen LogP contribution is 2.19. The number of hydrogen-bond acceptors (Lipinski definition) is 3. The van der Waals surface area contributed by atoms with Crippen molar-refractivity contribution in [3.8, 4) is 0 Å². The summed E-state index contributed by atoms with van der Waals surface area (Å²) < 4.78 is 12.0. The van der Waals surface area contributed by atoms with E-state index in [1.165, 1.54) is 12.4 Å². The molecule has 2 rings (SSSR count). The summed E-state index contributed by atoms with van der Waals surface area (Å²) in [6, 6.07) is 6.48. The predicted octanol–water partition coefficient (Wildman–Crippen LogP) is 2.95. The second kappa shape index (κ2) is 5.01. The van der Waals surface area contributed by atoms with Crippen LogP contribution in [0.15, 0.2) is 46.7 Å². The van der Waals surface area contributed by atoms with Crippen molar-refractivity contribution in [1.29, 1.82) is 0 Å². The minimum atomic E-state index is -1.40. The summed E-state index contributed by atoms with van der Waals surface area (Å²) >= 11 is 9.97. The van der Waals surface area contributed by atoms with Crippen molar-refractivity contribution < 1.29 is 4.55 Å². The molecule has 2 heterocycles. The van der Waals surface area contributed by atoms with Crippen LogP contribution in [-0.2, 0) is 11.2 Å². The van der Waals surface area contributed by atoms with E-state index in [0.717, 1.165) is 0 Å². The molecule has 0 aromatic carbocycles. The standard InChI is InChI=1S/C10H6Cl2N2OS/c11-7-1-3-9(13-5-7)16(15)10-4-2-8(12)6-14-10/h1-6H. The highest BCUT2D eigenvalue weighted by atomic mass is 35.5. The van der Waals surface area contributed by atoms with Gasteiger partial charge in [0.05, 0.1) is 33.6 Å². The number of halogens is 2. The first-order valence-corrected chi connectivity index (χ1v) is 6.22. The maximum Gasteiger partial charge on any atom is 0.251 e. The second-order valence-electron chi connectivity index (χ2n) is 2.90. The van der Waals surface area contributed by atoms with Crippen LogP contribution in [0.5, 0.6) is 0 Å². The van der Waals surface area contributed by atoms with Gasteiger partial charge in [-0.25, -0.2) is 9.97 Å². The molecule has 82 valence electrons. The van der Waals surface area contributed by atoms with Crippen LogP contribution in [0.2, 0.25) is 10.0 Å². The maximum absolute atomic E-state index is 12.0. The summed E-state index contributed by atoms with van der Waals surface area (Å²) in [6.45, 7) is 0. The van der Waals surface area contributed by atoms with Gasteiger partial charge in [-0.3, -0.25) is 0 Å². The summed E-state index contributed by atoms with van der Waals surface area (Å²) in [4.78, 5) is 7.94. The molecule has 0 saturated heterocycles. The van der Waals surface area contributed by atoms with E-state index in [4.69, 9.17) is 23.2 Å². The van der Waals surface area contributed by atoms with Crippen LogP contribution < -0.4 is 0 Å². The predicted molar refractivity (Wildman–Crippen MR) is 63.2 cm³/mol. The molecule has 0 aliphatic carbocycles. The zero-order valence-corrected chi connectivity index (χ0v) is 10.3. The van der Waals surface area contributed by atoms with Crippen LogP contribution in [0.25, 0.3) is 0 Å². The van der Waals surface area contributed by atoms with E-state index in [-0.39, 0.29) is 0 Å². The molecule has 0 spiro atoms. The Balaban J connectivity index is 2.28. The van der Waals surface area contributed by atoms with Crippen molar-refractivity contribution in [2.24, 2.45) is 0 Å². The number of hydrogen-bond donors (Lipinski definition) is 0. The third kappa shape index (κ3) is 2.65. The Hall–Kier alpha value is -0.810. The van der Waals surface area contributed by atoms with Gasteiger partial charge in [0, 0.05) is 12.1 Å². The molecule has 0 radical (unpaired) electrons. The molecule has 2 aromatic heterocycles. The zero-order chi connectivity index (χ0) is 11.5. The molecule has 0 N–H and O–H groups in total. The monoisotopic (exact) mass is 272 g/mol. The lowest BCUT2D eigenvalue weighted by atomic mass is 10.5. The quantitative estimate of drug-likeness (QED) is 0.790. The van der Waals surface area contributed by atoms with Crippen molar-refractivity contribution in [2.45, 2.75) is 10.1 Å². The summed E-state index contributed by atoms with van der Waals surface area (Å²) in [5.41, 5.74) is 0. The minimum absolute atomic E-state index is 0.416. The third-order valence-corrected chi connectivity index (χ3v) is 3.47. The minimum Gasteiger partial charge on any atom is -0.604 e. The van der Waals surface area contributed by atoms with Crippen LogP contribution in [0.1, 0.15) is 0 Å². The average molecular weight is 273 g/mol. The SMILES string of the molecule is [O-][S+](c1ccc(Cl)cn1)c1ccc(Cl)cn1. The Kier molecular flexibility index (Phi) is 3.66. The fourth-order valence-electron chi connectivity index (χ4n) is 1.05. The zero-order valence-electron chi connectivity index (χ0n) is 7.93. The smallest absolute Gasteiger partial charge is 0.251 e. The van der Waals surface area contributed by atoms with Gasteiger partial charge in [-0.1, -0.05) is 23.2 Å². The number of nitrogens with zero attached hydrogens (tertiary/aromatic N) is 2. The lowest BCUT2D eigenvalue weighted by Crippen LogP contribution is -2.05. The van der Waals surface area contributed by atoms with Gasteiger partial charge in [-0.15, -0.1) is 0 Å². The largest absolute Gasteiger partial charge is 0.604 e. The number of aromatic nitrogens is 2. The van der Waals surface area contributed by atoms with E-state index < -0.39 is 11.2 Å². The van der Waals surface area contributed by atoms with Gasteiger partial charge in [0.2, 0.25) is 0 Å². The molecule has 0 bridgehead atoms. The van der Waals surface area contributed by atoms with Gasteiger partial charge in [-0.05, 0) is 12.1 Å². The lowest BCUT2D eigenvalue weighted by Gasteiger charge is -2.06. The van der Waals surface area contributed by atoms with Crippen LogP contribution in [-0.4, -0.2) is 14.5 Å². The van der Waals surface area contributed by atoms with E-state index in [1.54, 1.807) is 24.3 Å². The molecule has 0 aliphatic heterocycles. The van der Waals surface area contributed by atoms with E-state index in [1.807, 2.05) is 0 Å². The Morgan fingerprint density at radius 3 is 1.62 bits per heavy atom. The van der Waals surface area contributed by atoms with Crippen LogP contribution in [0.3, 0.4) is 0 Å². The molecular formula is C10H6Cl2N2OS. The summed E-state index contributed by atoms with van der Waals surface area (Å²) in [7, 11) is 0. The van der Waals surface area contributed by atoms with Gasteiger partial charge < -0.3 is 4.55 Å². The molecule has 0 fully saturated rings. The maximum atomic E-state index is 12.0. The third-order valence-electron chi connectivity index (χ3n) is 1.78. The Labute approximate surface area is 106 Å². The molecular weight excluding hydrogens is 267 g/mol. The fraction of sp³-hybridized carbons (Fsp3) is 0. The van der Waals surface area contributed by atoms with E-state index in [2.05, 4.69) is 9.97 Å². The van der Waals surface area contributed by atoms with E-state index >= 15 is 0 Å². The first-order chi connectivity index (χ1) is 7.66. The average Bonchev–Trinajstić information content (AvgIpc) is 2.30. The highest BCUT2D eigenvalue weighted by molar-refractivity contribution is 7.91. The van der Waals surface area contributed by atoms with Gasteiger partial charge >= 0.3 is 0 Å². The fourth-order valence-corrected chi connectivity index (χ4v) is 2.17. The molecule has 0 saturated carbocycles. The van der Waals surface area contributed by atoms with Gasteiger partial charge in [-0.2, -0.15) is 0 Å². The second-order valence-corrected chi connectivity index (χ2v) is 5.14. The molecule has 0 aliphatic rings. The van der Waals surface area contributed by atoms with Crippen molar-refractivity contribution in [1.82, 2.24) is 9.97 Å². The van der Waals surface area contributed by atoms with E-state index in [9.17, 15) is 4.55 Å². The summed E-state index contributed by atoms with van der Waals surface area (Å²) in [5, 5.41) is 1.84. The highest BCUT2D eigenvalue weighted by Gasteiger charge is 2.17. The Morgan fingerprint density at radius 2 is 1.31 bits per heavy atom.